The molecule has 0 spiro atoms. The van der Waals surface area contributed by atoms with Gasteiger partial charge in [-0.15, -0.1) is 11.3 Å². The minimum atomic E-state index is -0.139. The number of thiophene rings is 1. The highest BCUT2D eigenvalue weighted by Crippen LogP contribution is 2.34. The number of rotatable bonds is 8. The van der Waals surface area contributed by atoms with Crippen molar-refractivity contribution in [2.75, 3.05) is 24.2 Å². The number of aromatic nitrogens is 2. The van der Waals surface area contributed by atoms with Crippen LogP contribution in [0.2, 0.25) is 0 Å². The number of nitrogens with zero attached hydrogens (tertiary/aromatic N) is 3. The summed E-state index contributed by atoms with van der Waals surface area (Å²) in [6.45, 7) is 2.74. The Hall–Kier alpha value is -3.72. The first-order valence-electron chi connectivity index (χ1n) is 13.0. The minimum Gasteiger partial charge on any atom is -0.325 e. The molecular formula is C31H28N4O2S2. The molecule has 0 bridgehead atoms. The molecule has 0 aliphatic carbocycles. The molecule has 6 nitrogen and oxygen atoms in total. The summed E-state index contributed by atoms with van der Waals surface area (Å²) in [6, 6.07) is 29.5. The number of para-hydroxylation sites is 2. The highest BCUT2D eigenvalue weighted by Gasteiger charge is 2.26. The van der Waals surface area contributed by atoms with E-state index in [2.05, 4.69) is 34.5 Å². The number of fused-ring (bicyclic) bond motifs is 3. The molecular weight excluding hydrogens is 525 g/mol. The largest absolute Gasteiger partial charge is 0.325 e. The molecule has 6 rings (SSSR count). The van der Waals surface area contributed by atoms with E-state index in [1.54, 1.807) is 15.9 Å². The zero-order valence-corrected chi connectivity index (χ0v) is 23.0. The van der Waals surface area contributed by atoms with E-state index in [-0.39, 0.29) is 17.2 Å². The van der Waals surface area contributed by atoms with Crippen LogP contribution in [0.25, 0.3) is 15.9 Å². The van der Waals surface area contributed by atoms with E-state index in [1.165, 1.54) is 22.2 Å². The maximum Gasteiger partial charge on any atom is 0.267 e. The molecule has 0 saturated heterocycles. The van der Waals surface area contributed by atoms with Gasteiger partial charge in [0.1, 0.15) is 4.83 Å². The van der Waals surface area contributed by atoms with E-state index in [1.807, 2.05) is 66.7 Å². The average molecular weight is 553 g/mol. The van der Waals surface area contributed by atoms with E-state index in [0.29, 0.717) is 5.16 Å². The fraction of sp³-hybridized carbons (Fsp3) is 0.194. The van der Waals surface area contributed by atoms with E-state index >= 15 is 0 Å². The lowest BCUT2D eigenvalue weighted by molar-refractivity contribution is -0.113. The Kier molecular flexibility index (Phi) is 7.58. The summed E-state index contributed by atoms with van der Waals surface area (Å²) < 4.78 is 1.66. The molecule has 0 atom stereocenters. The molecule has 3 aromatic carbocycles. The monoisotopic (exact) mass is 552 g/mol. The normalized spacial score (nSPS) is 13.3. The van der Waals surface area contributed by atoms with Crippen molar-refractivity contribution in [3.63, 3.8) is 0 Å². The third kappa shape index (κ3) is 5.68. The Morgan fingerprint density at radius 3 is 2.38 bits per heavy atom. The number of thioether (sulfide) groups is 1. The third-order valence-corrected chi connectivity index (χ3v) is 8.94. The molecule has 196 valence electrons. The van der Waals surface area contributed by atoms with Gasteiger partial charge in [-0.1, -0.05) is 78.5 Å². The summed E-state index contributed by atoms with van der Waals surface area (Å²) in [5.41, 5.74) is 3.90. The zero-order chi connectivity index (χ0) is 26.6. The summed E-state index contributed by atoms with van der Waals surface area (Å²) in [4.78, 5) is 36.1. The standard InChI is InChI=1S/C31H28N4O2S2/c36-27(32-23-12-6-2-7-13-23)21-38-31-33-29-28(30(37)35(31)24-14-8-3-9-15-24)25-17-19-34(20-26(25)39-29)18-16-22-10-4-1-5-11-22/h1-15H,16-21H2,(H,32,36). The molecule has 3 heterocycles. The first-order chi connectivity index (χ1) is 19.2. The lowest BCUT2D eigenvalue weighted by Gasteiger charge is -2.26. The number of anilines is 1. The van der Waals surface area contributed by atoms with Crippen molar-refractivity contribution >= 4 is 44.9 Å². The molecule has 0 unspecified atom stereocenters. The first-order valence-corrected chi connectivity index (χ1v) is 14.8. The number of hydrogen-bond donors (Lipinski definition) is 1. The second-order valence-electron chi connectivity index (χ2n) is 9.52. The van der Waals surface area contributed by atoms with Gasteiger partial charge in [0.25, 0.3) is 5.56 Å². The molecule has 0 saturated carbocycles. The summed E-state index contributed by atoms with van der Waals surface area (Å²) in [5.74, 6) is 0.0116. The van der Waals surface area contributed by atoms with E-state index in [9.17, 15) is 9.59 Å². The number of carbonyl (C=O) groups excluding carboxylic acids is 1. The Morgan fingerprint density at radius 1 is 0.949 bits per heavy atom. The molecule has 1 aliphatic heterocycles. The third-order valence-electron chi connectivity index (χ3n) is 6.89. The lowest BCUT2D eigenvalue weighted by Crippen LogP contribution is -2.32. The fourth-order valence-electron chi connectivity index (χ4n) is 4.95. The summed E-state index contributed by atoms with van der Waals surface area (Å²) in [6.07, 6.45) is 1.84. The van der Waals surface area contributed by atoms with Crippen LogP contribution in [0.3, 0.4) is 0 Å². The van der Waals surface area contributed by atoms with Gasteiger partial charge in [0.05, 0.1) is 16.8 Å². The van der Waals surface area contributed by atoms with Gasteiger partial charge in [-0.3, -0.25) is 19.1 Å². The average Bonchev–Trinajstić information content (AvgIpc) is 3.34. The smallest absolute Gasteiger partial charge is 0.267 e. The molecule has 39 heavy (non-hydrogen) atoms. The fourth-order valence-corrected chi connectivity index (χ4v) is 7.07. The quantitative estimate of drug-likeness (QED) is 0.195. The van der Waals surface area contributed by atoms with Gasteiger partial charge in [0.15, 0.2) is 5.16 Å². The van der Waals surface area contributed by atoms with E-state index in [4.69, 9.17) is 4.98 Å². The molecule has 8 heteroatoms. The van der Waals surface area contributed by atoms with Crippen molar-refractivity contribution in [3.8, 4) is 5.69 Å². The summed E-state index contributed by atoms with van der Waals surface area (Å²) in [5, 5.41) is 4.16. The van der Waals surface area contributed by atoms with Crippen molar-refractivity contribution in [1.82, 2.24) is 14.5 Å². The summed E-state index contributed by atoms with van der Waals surface area (Å²) >= 11 is 2.90. The van der Waals surface area contributed by atoms with Crippen LogP contribution in [0.4, 0.5) is 5.69 Å². The van der Waals surface area contributed by atoms with Gasteiger partial charge in [-0.05, 0) is 48.2 Å². The highest BCUT2D eigenvalue weighted by molar-refractivity contribution is 7.99. The van der Waals surface area contributed by atoms with Crippen molar-refractivity contribution in [2.24, 2.45) is 0 Å². The Morgan fingerprint density at radius 2 is 1.64 bits per heavy atom. The number of carbonyl (C=O) groups is 1. The molecule has 5 aromatic rings. The van der Waals surface area contributed by atoms with Crippen molar-refractivity contribution < 1.29 is 4.79 Å². The van der Waals surface area contributed by atoms with Crippen LogP contribution in [-0.2, 0) is 24.2 Å². The SMILES string of the molecule is O=C(CSc1nc2sc3c(c2c(=O)n1-c1ccccc1)CCN(CCc1ccccc1)C3)Nc1ccccc1. The van der Waals surface area contributed by atoms with E-state index < -0.39 is 0 Å². The highest BCUT2D eigenvalue weighted by atomic mass is 32.2. The predicted molar refractivity (Wildman–Crippen MR) is 160 cm³/mol. The van der Waals surface area contributed by atoms with Gasteiger partial charge < -0.3 is 5.32 Å². The van der Waals surface area contributed by atoms with Crippen LogP contribution in [0.5, 0.6) is 0 Å². The zero-order valence-electron chi connectivity index (χ0n) is 21.4. The molecule has 1 N–H and O–H groups in total. The van der Waals surface area contributed by atoms with Crippen LogP contribution < -0.4 is 10.9 Å². The lowest BCUT2D eigenvalue weighted by atomic mass is 10.0. The van der Waals surface area contributed by atoms with Crippen LogP contribution in [0.1, 0.15) is 16.0 Å². The Balaban J connectivity index is 1.29. The number of amides is 1. The van der Waals surface area contributed by atoms with Crippen LogP contribution >= 0.6 is 23.1 Å². The predicted octanol–water partition coefficient (Wildman–Crippen LogP) is 5.78. The second-order valence-corrected chi connectivity index (χ2v) is 11.5. The number of benzene rings is 3. The number of hydrogen-bond acceptors (Lipinski definition) is 6. The Labute approximate surface area is 235 Å². The van der Waals surface area contributed by atoms with Crippen molar-refractivity contribution in [3.05, 3.63) is 117 Å². The van der Waals surface area contributed by atoms with Gasteiger partial charge in [0, 0.05) is 30.2 Å². The molecule has 1 aliphatic rings. The first kappa shape index (κ1) is 25.6. The maximum atomic E-state index is 14.0. The van der Waals surface area contributed by atoms with Crippen molar-refractivity contribution in [2.45, 2.75) is 24.5 Å². The topological polar surface area (TPSA) is 67.2 Å². The molecule has 0 radical (unpaired) electrons. The second kappa shape index (κ2) is 11.6. The molecule has 1 amide bonds. The maximum absolute atomic E-state index is 14.0. The molecule has 2 aromatic heterocycles. The van der Waals surface area contributed by atoms with Gasteiger partial charge in [-0.25, -0.2) is 4.98 Å². The van der Waals surface area contributed by atoms with Gasteiger partial charge in [0.2, 0.25) is 5.91 Å². The minimum absolute atomic E-state index is 0.0626. The van der Waals surface area contributed by atoms with Crippen LogP contribution in [0, 0.1) is 0 Å². The van der Waals surface area contributed by atoms with E-state index in [0.717, 1.165) is 59.6 Å². The van der Waals surface area contributed by atoms with Crippen LogP contribution in [-0.4, -0.2) is 39.2 Å². The summed E-state index contributed by atoms with van der Waals surface area (Å²) in [7, 11) is 0. The molecule has 0 fully saturated rings. The van der Waals surface area contributed by atoms with Crippen molar-refractivity contribution in [1.29, 1.82) is 0 Å². The number of nitrogens with one attached hydrogen (secondary N) is 1. The van der Waals surface area contributed by atoms with Crippen LogP contribution in [0.15, 0.2) is 101 Å². The van der Waals surface area contributed by atoms with Gasteiger partial charge >= 0.3 is 0 Å². The van der Waals surface area contributed by atoms with Gasteiger partial charge in [-0.2, -0.15) is 0 Å². The Bertz CT molecular complexity index is 1650.